The molecule has 3 heterocycles. The summed E-state index contributed by atoms with van der Waals surface area (Å²) in [5.74, 6) is 1.33. The largest absolute Gasteiger partial charge is 0.264 e. The molecule has 28 heavy (non-hydrogen) atoms. The van der Waals surface area contributed by atoms with Crippen molar-refractivity contribution in [3.63, 3.8) is 0 Å². The van der Waals surface area contributed by atoms with Crippen molar-refractivity contribution in [2.75, 3.05) is 0 Å². The van der Waals surface area contributed by atoms with Gasteiger partial charge in [-0.05, 0) is 49.3 Å². The molecule has 0 radical (unpaired) electrons. The van der Waals surface area contributed by atoms with E-state index in [4.69, 9.17) is 17.3 Å². The quantitative estimate of drug-likeness (QED) is 0.416. The van der Waals surface area contributed by atoms with Gasteiger partial charge in [-0.2, -0.15) is 20.0 Å². The van der Waals surface area contributed by atoms with E-state index in [2.05, 4.69) is 20.3 Å². The van der Waals surface area contributed by atoms with E-state index in [1.807, 2.05) is 53.3 Å². The zero-order chi connectivity index (χ0) is 18.9. The molecule has 5 rings (SSSR count). The minimum absolute atomic E-state index is 0.440. The van der Waals surface area contributed by atoms with Gasteiger partial charge in [0.05, 0.1) is 11.9 Å². The number of para-hydroxylation sites is 1. The molecule has 1 aliphatic carbocycles. The average Bonchev–Trinajstić information content (AvgIpc) is 3.39. The fourth-order valence-corrected chi connectivity index (χ4v) is 3.25. The molecule has 0 spiro atoms. The highest BCUT2D eigenvalue weighted by Gasteiger charge is 2.29. The van der Waals surface area contributed by atoms with Crippen LogP contribution in [0.4, 0.5) is 0 Å². The zero-order valence-corrected chi connectivity index (χ0v) is 15.8. The molecule has 8 heteroatoms. The number of pyridine rings is 1. The zero-order valence-electron chi connectivity index (χ0n) is 14.9. The summed E-state index contributed by atoms with van der Waals surface area (Å²) in [5, 5.41) is 16.5. The number of benzene rings is 1. The third-order valence-corrected chi connectivity index (χ3v) is 4.89. The van der Waals surface area contributed by atoms with Crippen LogP contribution >= 0.6 is 12.2 Å². The summed E-state index contributed by atoms with van der Waals surface area (Å²) in [5.41, 5.74) is 3.59. The Bertz CT molecular complexity index is 1180. The lowest BCUT2D eigenvalue weighted by Crippen LogP contribution is -1.97. The number of aromatic nitrogens is 6. The van der Waals surface area contributed by atoms with Crippen molar-refractivity contribution >= 4 is 18.4 Å². The first-order valence-corrected chi connectivity index (χ1v) is 9.47. The van der Waals surface area contributed by atoms with Crippen molar-refractivity contribution in [2.24, 2.45) is 5.10 Å². The second-order valence-corrected chi connectivity index (χ2v) is 7.06. The van der Waals surface area contributed by atoms with E-state index in [9.17, 15) is 0 Å². The van der Waals surface area contributed by atoms with Gasteiger partial charge in [-0.15, -0.1) is 0 Å². The topological polar surface area (TPSA) is 76.7 Å². The number of rotatable bonds is 5. The SMILES string of the molecule is S=c1[nH]nc(C2CC2)n1/N=C\c1cn(-c2ccccc2)nc1-c1cccnc1. The lowest BCUT2D eigenvalue weighted by atomic mass is 10.1. The molecule has 0 amide bonds. The van der Waals surface area contributed by atoms with Crippen LogP contribution in [-0.4, -0.2) is 35.9 Å². The van der Waals surface area contributed by atoms with Crippen LogP contribution in [0.5, 0.6) is 0 Å². The predicted molar refractivity (Wildman–Crippen MR) is 109 cm³/mol. The maximum Gasteiger partial charge on any atom is 0.216 e. The highest BCUT2D eigenvalue weighted by Crippen LogP contribution is 2.38. The molecular weight excluding hydrogens is 370 g/mol. The first-order chi connectivity index (χ1) is 13.8. The fourth-order valence-electron chi connectivity index (χ4n) is 3.06. The van der Waals surface area contributed by atoms with Crippen molar-refractivity contribution in [3.05, 3.63) is 77.2 Å². The molecule has 1 aliphatic rings. The molecule has 1 fully saturated rings. The van der Waals surface area contributed by atoms with Gasteiger partial charge in [-0.25, -0.2) is 4.68 Å². The fraction of sp³-hybridized carbons (Fsp3) is 0.150. The standard InChI is InChI=1S/C20H17N7S/c28-20-24-23-19(14-8-9-14)27(20)22-12-16-13-26(17-6-2-1-3-7-17)25-18(16)15-5-4-10-21-11-15/h1-7,10-14H,8-9H2,(H,24,28)/b22-12-. The van der Waals surface area contributed by atoms with Gasteiger partial charge in [-0.3, -0.25) is 10.1 Å². The van der Waals surface area contributed by atoms with E-state index in [-0.39, 0.29) is 0 Å². The number of nitrogens with one attached hydrogen (secondary N) is 1. The number of aromatic amines is 1. The number of nitrogens with zero attached hydrogens (tertiary/aromatic N) is 6. The van der Waals surface area contributed by atoms with E-state index in [1.165, 1.54) is 0 Å². The summed E-state index contributed by atoms with van der Waals surface area (Å²) < 4.78 is 4.05. The van der Waals surface area contributed by atoms with Crippen LogP contribution < -0.4 is 0 Å². The Morgan fingerprint density at radius 1 is 1.14 bits per heavy atom. The van der Waals surface area contributed by atoms with Crippen LogP contribution in [0, 0.1) is 4.77 Å². The summed E-state index contributed by atoms with van der Waals surface area (Å²) in [4.78, 5) is 4.22. The van der Waals surface area contributed by atoms with Crippen molar-refractivity contribution in [1.82, 2.24) is 29.6 Å². The summed E-state index contributed by atoms with van der Waals surface area (Å²) in [6.07, 6.45) is 9.55. The third kappa shape index (κ3) is 3.18. The highest BCUT2D eigenvalue weighted by atomic mass is 32.1. The number of hydrogen-bond acceptors (Lipinski definition) is 5. The van der Waals surface area contributed by atoms with E-state index < -0.39 is 0 Å². The first-order valence-electron chi connectivity index (χ1n) is 9.07. The minimum Gasteiger partial charge on any atom is -0.264 e. The molecule has 1 aromatic carbocycles. The summed E-state index contributed by atoms with van der Waals surface area (Å²) in [6.45, 7) is 0. The minimum atomic E-state index is 0.440. The van der Waals surface area contributed by atoms with Crippen LogP contribution in [0.2, 0.25) is 0 Å². The van der Waals surface area contributed by atoms with Crippen molar-refractivity contribution in [3.8, 4) is 16.9 Å². The number of H-pyrrole nitrogens is 1. The van der Waals surface area contributed by atoms with Crippen LogP contribution in [0.25, 0.3) is 16.9 Å². The van der Waals surface area contributed by atoms with Crippen molar-refractivity contribution in [2.45, 2.75) is 18.8 Å². The van der Waals surface area contributed by atoms with E-state index in [0.29, 0.717) is 10.7 Å². The summed E-state index contributed by atoms with van der Waals surface area (Å²) >= 11 is 5.34. The van der Waals surface area contributed by atoms with Crippen molar-refractivity contribution < 1.29 is 0 Å². The normalized spacial score (nSPS) is 14.0. The van der Waals surface area contributed by atoms with Crippen LogP contribution in [-0.2, 0) is 0 Å². The summed E-state index contributed by atoms with van der Waals surface area (Å²) in [6, 6.07) is 13.9. The van der Waals surface area contributed by atoms with Crippen LogP contribution in [0.15, 0.2) is 66.2 Å². The lowest BCUT2D eigenvalue weighted by molar-refractivity contribution is 0.773. The van der Waals surface area contributed by atoms with E-state index in [1.54, 1.807) is 23.3 Å². The smallest absolute Gasteiger partial charge is 0.216 e. The molecule has 4 aromatic rings. The second kappa shape index (κ2) is 6.97. The maximum atomic E-state index is 5.34. The van der Waals surface area contributed by atoms with Gasteiger partial charge >= 0.3 is 0 Å². The first kappa shape index (κ1) is 16.8. The van der Waals surface area contributed by atoms with Crippen molar-refractivity contribution in [1.29, 1.82) is 0 Å². The average molecular weight is 387 g/mol. The third-order valence-electron chi connectivity index (χ3n) is 4.63. The van der Waals surface area contributed by atoms with Gasteiger partial charge in [0, 0.05) is 35.6 Å². The molecule has 0 atom stereocenters. The Kier molecular flexibility index (Phi) is 4.17. The van der Waals surface area contributed by atoms with Gasteiger partial charge in [0.15, 0.2) is 5.82 Å². The molecule has 1 N–H and O–H groups in total. The number of hydrogen-bond donors (Lipinski definition) is 1. The lowest BCUT2D eigenvalue weighted by Gasteiger charge is -2.00. The molecular formula is C20H17N7S. The molecule has 1 saturated carbocycles. The second-order valence-electron chi connectivity index (χ2n) is 6.67. The molecule has 0 aliphatic heterocycles. The summed E-state index contributed by atoms with van der Waals surface area (Å²) in [7, 11) is 0. The van der Waals surface area contributed by atoms with Crippen LogP contribution in [0.1, 0.15) is 30.1 Å². The predicted octanol–water partition coefficient (Wildman–Crippen LogP) is 3.95. The van der Waals surface area contributed by atoms with Gasteiger partial charge in [-0.1, -0.05) is 18.2 Å². The molecule has 0 bridgehead atoms. The molecule has 0 saturated heterocycles. The molecule has 0 unspecified atom stereocenters. The van der Waals surface area contributed by atoms with Gasteiger partial charge < -0.3 is 0 Å². The van der Waals surface area contributed by atoms with E-state index >= 15 is 0 Å². The Balaban J connectivity index is 1.59. The molecule has 3 aromatic heterocycles. The molecule has 7 nitrogen and oxygen atoms in total. The molecule has 138 valence electrons. The van der Waals surface area contributed by atoms with Gasteiger partial charge in [0.2, 0.25) is 4.77 Å². The van der Waals surface area contributed by atoms with Gasteiger partial charge in [0.1, 0.15) is 5.69 Å². The van der Waals surface area contributed by atoms with Gasteiger partial charge in [0.25, 0.3) is 0 Å². The maximum absolute atomic E-state index is 5.34. The van der Waals surface area contributed by atoms with Crippen LogP contribution in [0.3, 0.4) is 0 Å². The Labute approximate surface area is 166 Å². The monoisotopic (exact) mass is 387 g/mol. The Hall–Kier alpha value is -3.39. The highest BCUT2D eigenvalue weighted by molar-refractivity contribution is 7.71. The Morgan fingerprint density at radius 3 is 2.75 bits per heavy atom. The Morgan fingerprint density at radius 2 is 2.00 bits per heavy atom. The van der Waals surface area contributed by atoms with E-state index in [0.717, 1.165) is 41.2 Å².